The maximum absolute atomic E-state index is 12.9. The van der Waals surface area contributed by atoms with Gasteiger partial charge in [0.15, 0.2) is 0 Å². The highest BCUT2D eigenvalue weighted by atomic mass is 32.2. The van der Waals surface area contributed by atoms with Crippen molar-refractivity contribution in [3.05, 3.63) is 47.4 Å². The highest BCUT2D eigenvalue weighted by Gasteiger charge is 2.23. The Balaban J connectivity index is 2.17. The molecule has 2 aromatic heterocycles. The van der Waals surface area contributed by atoms with Crippen molar-refractivity contribution in [3.8, 4) is 11.1 Å². The van der Waals surface area contributed by atoms with Crippen molar-refractivity contribution < 1.29 is 18.3 Å². The van der Waals surface area contributed by atoms with Crippen LogP contribution in [0, 0.1) is 0 Å². The largest absolute Gasteiger partial charge is 0.478 e. The van der Waals surface area contributed by atoms with Crippen LogP contribution in [-0.4, -0.2) is 34.3 Å². The number of rotatable bonds is 5. The number of hydrogen-bond donors (Lipinski definition) is 1. The maximum atomic E-state index is 12.9. The Labute approximate surface area is 148 Å². The first-order chi connectivity index (χ1) is 11.8. The van der Waals surface area contributed by atoms with E-state index < -0.39 is 15.8 Å². The molecule has 3 rings (SSSR count). The Kier molecular flexibility index (Phi) is 4.44. The molecule has 0 saturated carbocycles. The molecule has 0 aliphatic rings. The van der Waals surface area contributed by atoms with Crippen molar-refractivity contribution in [2.24, 2.45) is 7.05 Å². The molecule has 0 unspecified atom stereocenters. The van der Waals surface area contributed by atoms with E-state index in [1.54, 1.807) is 24.1 Å². The highest BCUT2D eigenvalue weighted by molar-refractivity contribution is 7.93. The predicted molar refractivity (Wildman–Crippen MR) is 92.5 cm³/mol. The number of hydrogen-bond acceptors (Lipinski definition) is 6. The lowest BCUT2D eigenvalue weighted by Crippen LogP contribution is -2.04. The molecular weight excluding hydrogens is 362 g/mol. The Morgan fingerprint density at radius 1 is 1.24 bits per heavy atom. The summed E-state index contributed by atoms with van der Waals surface area (Å²) in [7, 11) is -2.11. The van der Waals surface area contributed by atoms with Crippen LogP contribution < -0.4 is 0 Å². The highest BCUT2D eigenvalue weighted by Crippen LogP contribution is 2.30. The van der Waals surface area contributed by atoms with Crippen LogP contribution in [0.1, 0.15) is 22.3 Å². The van der Waals surface area contributed by atoms with Gasteiger partial charge in [-0.3, -0.25) is 4.68 Å². The molecule has 2 heterocycles. The summed E-state index contributed by atoms with van der Waals surface area (Å²) < 4.78 is 27.4. The molecule has 25 heavy (non-hydrogen) atoms. The van der Waals surface area contributed by atoms with Crippen molar-refractivity contribution in [3.63, 3.8) is 0 Å². The zero-order valence-corrected chi connectivity index (χ0v) is 15.1. The van der Waals surface area contributed by atoms with Gasteiger partial charge < -0.3 is 5.11 Å². The zero-order valence-electron chi connectivity index (χ0n) is 13.5. The third kappa shape index (κ3) is 3.33. The molecule has 9 heteroatoms. The molecule has 0 saturated heterocycles. The van der Waals surface area contributed by atoms with E-state index in [9.17, 15) is 18.3 Å². The van der Waals surface area contributed by atoms with Gasteiger partial charge in [-0.15, -0.1) is 11.3 Å². The average molecular weight is 377 g/mol. The molecule has 3 aromatic rings. The van der Waals surface area contributed by atoms with E-state index in [1.165, 1.54) is 24.4 Å². The van der Waals surface area contributed by atoms with E-state index in [-0.39, 0.29) is 14.7 Å². The summed E-state index contributed by atoms with van der Waals surface area (Å²) in [5.41, 5.74) is 1.02. The minimum absolute atomic E-state index is 0.0717. The monoisotopic (exact) mass is 377 g/mol. The maximum Gasteiger partial charge on any atom is 0.335 e. The zero-order chi connectivity index (χ0) is 18.2. The van der Waals surface area contributed by atoms with Gasteiger partial charge in [-0.2, -0.15) is 5.10 Å². The number of aromatic nitrogens is 3. The number of carboxylic acids is 1. The number of nitrogens with zero attached hydrogens (tertiary/aromatic N) is 3. The van der Waals surface area contributed by atoms with E-state index in [4.69, 9.17) is 0 Å². The topological polar surface area (TPSA) is 102 Å². The fourth-order valence-electron chi connectivity index (χ4n) is 2.31. The van der Waals surface area contributed by atoms with Gasteiger partial charge in [-0.05, 0) is 30.2 Å². The van der Waals surface area contributed by atoms with Crippen LogP contribution in [0.5, 0.6) is 0 Å². The molecule has 0 radical (unpaired) electrons. The van der Waals surface area contributed by atoms with Crippen molar-refractivity contribution in [2.75, 3.05) is 0 Å². The SMILES string of the molecule is CCc1ncc(S(=O)(=O)c2cc(C(=O)O)cc(-c3cnn(C)c3)c2)s1. The lowest BCUT2D eigenvalue weighted by Gasteiger charge is -2.07. The van der Waals surface area contributed by atoms with Gasteiger partial charge in [0, 0.05) is 18.8 Å². The molecular formula is C16H15N3O4S2. The molecule has 0 bridgehead atoms. The smallest absolute Gasteiger partial charge is 0.335 e. The summed E-state index contributed by atoms with van der Waals surface area (Å²) in [6, 6.07) is 4.06. The Bertz CT molecular complexity index is 1050. The normalized spacial score (nSPS) is 11.6. The Morgan fingerprint density at radius 2 is 2.00 bits per heavy atom. The molecule has 1 N–H and O–H groups in total. The van der Waals surface area contributed by atoms with E-state index >= 15 is 0 Å². The molecule has 7 nitrogen and oxygen atoms in total. The van der Waals surface area contributed by atoms with Crippen LogP contribution in [0.3, 0.4) is 0 Å². The van der Waals surface area contributed by atoms with Crippen LogP contribution in [0.25, 0.3) is 11.1 Å². The van der Waals surface area contributed by atoms with Crippen LogP contribution in [0.4, 0.5) is 0 Å². The van der Waals surface area contributed by atoms with Gasteiger partial charge >= 0.3 is 5.97 Å². The summed E-state index contributed by atoms with van der Waals surface area (Å²) in [4.78, 5) is 15.4. The lowest BCUT2D eigenvalue weighted by atomic mass is 10.1. The van der Waals surface area contributed by atoms with Gasteiger partial charge in [0.05, 0.1) is 27.9 Å². The van der Waals surface area contributed by atoms with Gasteiger partial charge in [0.1, 0.15) is 4.21 Å². The molecule has 0 spiro atoms. The first-order valence-corrected chi connectivity index (χ1v) is 9.68. The number of carbonyl (C=O) groups is 1. The summed E-state index contributed by atoms with van der Waals surface area (Å²) in [5.74, 6) is -1.19. The molecule has 1 aromatic carbocycles. The third-order valence-corrected chi connectivity index (χ3v) is 6.94. The fourth-order valence-corrected chi connectivity index (χ4v) is 4.90. The minimum atomic E-state index is -3.84. The second-order valence-corrected chi connectivity index (χ2v) is 8.68. The summed E-state index contributed by atoms with van der Waals surface area (Å²) in [6.45, 7) is 1.89. The first-order valence-electron chi connectivity index (χ1n) is 7.38. The first kappa shape index (κ1) is 17.3. The standard InChI is InChI=1S/C16H15N3O4S2/c1-3-14-17-8-15(24-14)25(22,23)13-5-10(4-11(6-13)16(20)21)12-7-18-19(2)9-12/h4-9H,3H2,1-2H3,(H,20,21). The number of thiazole rings is 1. The number of sulfone groups is 1. The van der Waals surface area contributed by atoms with Crippen LogP contribution in [-0.2, 0) is 23.3 Å². The quantitative estimate of drug-likeness (QED) is 0.733. The van der Waals surface area contributed by atoms with Gasteiger partial charge in [0.25, 0.3) is 0 Å². The van der Waals surface area contributed by atoms with Crippen molar-refractivity contribution >= 4 is 27.1 Å². The molecule has 0 amide bonds. The summed E-state index contributed by atoms with van der Waals surface area (Å²) >= 11 is 1.09. The second kappa shape index (κ2) is 6.41. The molecule has 0 fully saturated rings. The van der Waals surface area contributed by atoms with Gasteiger partial charge in [-0.1, -0.05) is 6.92 Å². The number of benzene rings is 1. The molecule has 130 valence electrons. The van der Waals surface area contributed by atoms with E-state index in [0.29, 0.717) is 22.6 Å². The second-order valence-electron chi connectivity index (χ2n) is 5.38. The van der Waals surface area contributed by atoms with Crippen molar-refractivity contribution in [1.29, 1.82) is 0 Å². The average Bonchev–Trinajstić information content (AvgIpc) is 3.23. The molecule has 0 aliphatic heterocycles. The predicted octanol–water partition coefficient (Wildman–Crippen LogP) is 2.64. The van der Waals surface area contributed by atoms with Crippen molar-refractivity contribution in [1.82, 2.24) is 14.8 Å². The molecule has 0 atom stereocenters. The van der Waals surface area contributed by atoms with Gasteiger partial charge in [-0.25, -0.2) is 18.2 Å². The Hall–Kier alpha value is -2.52. The number of carboxylic acid groups (broad SMARTS) is 1. The number of aryl methyl sites for hydroxylation is 2. The summed E-state index contributed by atoms with van der Waals surface area (Å²) in [5, 5.41) is 14.1. The van der Waals surface area contributed by atoms with Crippen LogP contribution >= 0.6 is 11.3 Å². The number of aromatic carboxylic acids is 1. The van der Waals surface area contributed by atoms with E-state index in [2.05, 4.69) is 10.1 Å². The van der Waals surface area contributed by atoms with Gasteiger partial charge in [0.2, 0.25) is 9.84 Å². The van der Waals surface area contributed by atoms with E-state index in [0.717, 1.165) is 11.3 Å². The minimum Gasteiger partial charge on any atom is -0.478 e. The van der Waals surface area contributed by atoms with Crippen LogP contribution in [0.15, 0.2) is 45.9 Å². The lowest BCUT2D eigenvalue weighted by molar-refractivity contribution is 0.0696. The van der Waals surface area contributed by atoms with Crippen molar-refractivity contribution in [2.45, 2.75) is 22.4 Å². The third-order valence-electron chi connectivity index (χ3n) is 3.60. The van der Waals surface area contributed by atoms with E-state index in [1.807, 2.05) is 6.92 Å². The Morgan fingerprint density at radius 3 is 2.56 bits per heavy atom. The van der Waals surface area contributed by atoms with Crippen LogP contribution in [0.2, 0.25) is 0 Å². The summed E-state index contributed by atoms with van der Waals surface area (Å²) in [6.07, 6.45) is 5.20. The molecule has 0 aliphatic carbocycles. The fraction of sp³-hybridized carbons (Fsp3) is 0.188.